The zero-order valence-corrected chi connectivity index (χ0v) is 8.39. The van der Waals surface area contributed by atoms with Crippen LogP contribution in [0.3, 0.4) is 0 Å². The van der Waals surface area contributed by atoms with E-state index in [-0.39, 0.29) is 0 Å². The Hall–Kier alpha value is -0.450. The number of hydrogen-bond acceptors (Lipinski definition) is 4. The van der Waals surface area contributed by atoms with Gasteiger partial charge in [-0.2, -0.15) is 0 Å². The maximum atomic E-state index is 5.50. The van der Waals surface area contributed by atoms with E-state index >= 15 is 0 Å². The van der Waals surface area contributed by atoms with Gasteiger partial charge in [0.25, 0.3) is 0 Å². The minimum absolute atomic E-state index is 0.313. The Labute approximate surface area is 82.3 Å². The summed E-state index contributed by atoms with van der Waals surface area (Å²) in [6.45, 7) is 0. The second-order valence-electron chi connectivity index (χ2n) is 3.64. The molecule has 0 radical (unpaired) electrons. The van der Waals surface area contributed by atoms with Gasteiger partial charge in [-0.25, -0.2) is 0 Å². The number of nitrogens with one attached hydrogen (secondary N) is 1. The molecule has 0 aliphatic heterocycles. The van der Waals surface area contributed by atoms with E-state index in [1.54, 1.807) is 11.3 Å². The van der Waals surface area contributed by atoms with Crippen LogP contribution < -0.4 is 11.3 Å². The number of nitrogens with two attached hydrogens (primary N) is 1. The summed E-state index contributed by atoms with van der Waals surface area (Å²) in [5, 5.41) is 0. The van der Waals surface area contributed by atoms with Crippen molar-refractivity contribution >= 4 is 11.3 Å². The van der Waals surface area contributed by atoms with Crippen molar-refractivity contribution in [2.24, 2.45) is 11.8 Å². The van der Waals surface area contributed by atoms with Crippen molar-refractivity contribution in [2.75, 3.05) is 0 Å². The molecule has 4 heteroatoms. The second-order valence-corrected chi connectivity index (χ2v) is 4.56. The fraction of sp³-hybridized carbons (Fsp3) is 0.667. The summed E-state index contributed by atoms with van der Waals surface area (Å²) in [5.41, 5.74) is 4.72. The zero-order valence-electron chi connectivity index (χ0n) is 7.57. The summed E-state index contributed by atoms with van der Waals surface area (Å²) in [6.07, 6.45) is 7.18. The number of hydrazine groups is 1. The highest BCUT2D eigenvalue weighted by atomic mass is 32.1. The molecule has 1 aromatic heterocycles. The van der Waals surface area contributed by atoms with Gasteiger partial charge in [0, 0.05) is 11.1 Å². The van der Waals surface area contributed by atoms with Gasteiger partial charge in [0.2, 0.25) is 0 Å². The molecular weight excluding hydrogens is 182 g/mol. The van der Waals surface area contributed by atoms with Crippen molar-refractivity contribution in [2.45, 2.75) is 31.7 Å². The maximum absolute atomic E-state index is 5.50. The van der Waals surface area contributed by atoms with Crippen LogP contribution in [-0.2, 0) is 0 Å². The average Bonchev–Trinajstić information content (AvgIpc) is 2.81. The van der Waals surface area contributed by atoms with Crippen LogP contribution in [0.5, 0.6) is 0 Å². The summed E-state index contributed by atoms with van der Waals surface area (Å²) < 4.78 is 0. The smallest absolute Gasteiger partial charge is 0.0794 e. The third kappa shape index (κ3) is 2.49. The van der Waals surface area contributed by atoms with Gasteiger partial charge in [0.15, 0.2) is 0 Å². The van der Waals surface area contributed by atoms with Crippen molar-refractivity contribution < 1.29 is 0 Å². The molecular formula is C9H15N3S. The molecule has 0 amide bonds. The monoisotopic (exact) mass is 197 g/mol. The summed E-state index contributed by atoms with van der Waals surface area (Å²) in [5.74, 6) is 6.48. The molecule has 72 valence electrons. The fourth-order valence-electron chi connectivity index (χ4n) is 1.51. The fourth-order valence-corrected chi connectivity index (χ4v) is 2.23. The van der Waals surface area contributed by atoms with Gasteiger partial charge in [-0.05, 0) is 18.8 Å². The van der Waals surface area contributed by atoms with Crippen molar-refractivity contribution in [3.63, 3.8) is 0 Å². The Morgan fingerprint density at radius 3 is 3.08 bits per heavy atom. The van der Waals surface area contributed by atoms with Crippen LogP contribution in [0, 0.1) is 5.92 Å². The molecule has 1 heterocycles. The Morgan fingerprint density at radius 2 is 2.54 bits per heavy atom. The third-order valence-electron chi connectivity index (χ3n) is 2.56. The highest BCUT2D eigenvalue weighted by Crippen LogP contribution is 2.36. The molecule has 1 aliphatic carbocycles. The van der Waals surface area contributed by atoms with Gasteiger partial charge in [-0.1, -0.05) is 12.8 Å². The zero-order chi connectivity index (χ0) is 9.10. The first-order valence-corrected chi connectivity index (χ1v) is 5.62. The lowest BCUT2D eigenvalue weighted by Gasteiger charge is -2.12. The molecule has 2 rings (SSSR count). The molecule has 1 saturated carbocycles. The van der Waals surface area contributed by atoms with Gasteiger partial charge in [0.05, 0.1) is 11.6 Å². The van der Waals surface area contributed by atoms with Gasteiger partial charge < -0.3 is 0 Å². The number of hydrogen-bond donors (Lipinski definition) is 2. The predicted molar refractivity (Wildman–Crippen MR) is 54.1 cm³/mol. The van der Waals surface area contributed by atoms with E-state index in [1.807, 2.05) is 11.7 Å². The molecule has 0 bridgehead atoms. The van der Waals surface area contributed by atoms with E-state index in [4.69, 9.17) is 5.84 Å². The Balaban J connectivity index is 1.85. The SMILES string of the molecule is NNC(CCC1CC1)c1cncs1. The summed E-state index contributed by atoms with van der Waals surface area (Å²) in [7, 11) is 0. The van der Waals surface area contributed by atoms with Crippen molar-refractivity contribution in [3.8, 4) is 0 Å². The Morgan fingerprint density at radius 1 is 1.69 bits per heavy atom. The van der Waals surface area contributed by atoms with Crippen LogP contribution in [0.25, 0.3) is 0 Å². The minimum atomic E-state index is 0.313. The van der Waals surface area contributed by atoms with Gasteiger partial charge in [-0.3, -0.25) is 16.3 Å². The molecule has 1 fully saturated rings. The lowest BCUT2D eigenvalue weighted by atomic mass is 10.1. The first-order valence-electron chi connectivity index (χ1n) is 4.74. The Bertz CT molecular complexity index is 243. The number of aromatic nitrogens is 1. The topological polar surface area (TPSA) is 50.9 Å². The van der Waals surface area contributed by atoms with Crippen LogP contribution in [0.1, 0.15) is 36.6 Å². The van der Waals surface area contributed by atoms with Crippen molar-refractivity contribution in [3.05, 3.63) is 16.6 Å². The minimum Gasteiger partial charge on any atom is -0.271 e. The largest absolute Gasteiger partial charge is 0.271 e. The normalized spacial score (nSPS) is 18.8. The molecule has 1 unspecified atom stereocenters. The molecule has 3 nitrogen and oxygen atoms in total. The average molecular weight is 197 g/mol. The van der Waals surface area contributed by atoms with Crippen LogP contribution in [0.4, 0.5) is 0 Å². The molecule has 1 atom stereocenters. The highest BCUT2D eigenvalue weighted by Gasteiger charge is 2.23. The number of nitrogens with zero attached hydrogens (tertiary/aromatic N) is 1. The van der Waals surface area contributed by atoms with Gasteiger partial charge >= 0.3 is 0 Å². The molecule has 13 heavy (non-hydrogen) atoms. The second kappa shape index (κ2) is 4.17. The standard InChI is InChI=1S/C9H15N3S/c10-12-8(4-3-7-1-2-7)9-5-11-6-13-9/h5-8,12H,1-4,10H2. The van der Waals surface area contributed by atoms with Crippen molar-refractivity contribution in [1.82, 2.24) is 10.4 Å². The molecule has 1 aromatic rings. The predicted octanol–water partition coefficient (Wildman–Crippen LogP) is 1.84. The molecule has 0 saturated heterocycles. The molecule has 3 N–H and O–H groups in total. The Kier molecular flexibility index (Phi) is 2.93. The lowest BCUT2D eigenvalue weighted by molar-refractivity contribution is 0.487. The van der Waals surface area contributed by atoms with E-state index in [0.29, 0.717) is 6.04 Å². The van der Waals surface area contributed by atoms with Crippen molar-refractivity contribution in [1.29, 1.82) is 0 Å². The first-order chi connectivity index (χ1) is 6.40. The molecule has 0 aromatic carbocycles. The summed E-state index contributed by atoms with van der Waals surface area (Å²) in [4.78, 5) is 5.31. The van der Waals surface area contributed by atoms with Crippen LogP contribution in [0.2, 0.25) is 0 Å². The van der Waals surface area contributed by atoms with E-state index in [9.17, 15) is 0 Å². The maximum Gasteiger partial charge on any atom is 0.0794 e. The van der Waals surface area contributed by atoms with Crippen LogP contribution in [-0.4, -0.2) is 4.98 Å². The van der Waals surface area contributed by atoms with Crippen LogP contribution >= 0.6 is 11.3 Å². The van der Waals surface area contributed by atoms with E-state index in [1.165, 1.54) is 24.1 Å². The van der Waals surface area contributed by atoms with Crippen LogP contribution in [0.15, 0.2) is 11.7 Å². The first kappa shape index (κ1) is 9.12. The summed E-state index contributed by atoms with van der Waals surface area (Å²) in [6, 6.07) is 0.313. The number of rotatable bonds is 5. The van der Waals surface area contributed by atoms with E-state index in [2.05, 4.69) is 10.4 Å². The highest BCUT2D eigenvalue weighted by molar-refractivity contribution is 7.09. The molecule has 0 spiro atoms. The lowest BCUT2D eigenvalue weighted by Crippen LogP contribution is -2.27. The van der Waals surface area contributed by atoms with Gasteiger partial charge in [-0.15, -0.1) is 11.3 Å². The summed E-state index contributed by atoms with van der Waals surface area (Å²) >= 11 is 1.67. The number of thiazole rings is 1. The van der Waals surface area contributed by atoms with Gasteiger partial charge in [0.1, 0.15) is 0 Å². The molecule has 1 aliphatic rings. The third-order valence-corrected chi connectivity index (χ3v) is 3.45. The van der Waals surface area contributed by atoms with E-state index < -0.39 is 0 Å². The quantitative estimate of drug-likeness (QED) is 0.559. The van der Waals surface area contributed by atoms with E-state index in [0.717, 1.165) is 12.3 Å².